The first-order valence-electron chi connectivity index (χ1n) is 9.07. The molecule has 0 radical (unpaired) electrons. The van der Waals surface area contributed by atoms with Gasteiger partial charge in [-0.05, 0) is 36.2 Å². The molecule has 0 aliphatic rings. The molecule has 1 unspecified atom stereocenters. The SMILES string of the molecule is C=S(=O)(c1ccccc1)n1c(C(=O)c2ccccn2)c(C(=O)OC)c2ccccc21. The van der Waals surface area contributed by atoms with Gasteiger partial charge in [-0.25, -0.2) is 9.00 Å². The molecule has 2 aromatic carbocycles. The highest BCUT2D eigenvalue weighted by Gasteiger charge is 2.32. The Labute approximate surface area is 173 Å². The minimum absolute atomic E-state index is 0.0380. The van der Waals surface area contributed by atoms with Crippen molar-refractivity contribution in [3.8, 4) is 0 Å². The van der Waals surface area contributed by atoms with Gasteiger partial charge in [-0.3, -0.25) is 13.8 Å². The number of carbonyl (C=O) groups is 2. The summed E-state index contributed by atoms with van der Waals surface area (Å²) in [6, 6.07) is 20.4. The molecule has 7 heteroatoms. The van der Waals surface area contributed by atoms with E-state index in [9.17, 15) is 13.8 Å². The molecule has 0 saturated heterocycles. The van der Waals surface area contributed by atoms with Crippen LogP contribution in [0, 0.1) is 0 Å². The Morgan fingerprint density at radius 1 is 0.967 bits per heavy atom. The number of aromatic nitrogens is 2. The Balaban J connectivity index is 2.15. The van der Waals surface area contributed by atoms with E-state index in [0.29, 0.717) is 15.8 Å². The first-order chi connectivity index (χ1) is 14.5. The number of hydrogen-bond acceptors (Lipinski definition) is 5. The molecule has 150 valence electrons. The molecule has 2 aromatic heterocycles. The van der Waals surface area contributed by atoms with E-state index in [1.54, 1.807) is 72.8 Å². The van der Waals surface area contributed by atoms with Gasteiger partial charge in [0.25, 0.3) is 0 Å². The number of ether oxygens (including phenoxy) is 1. The number of rotatable bonds is 5. The van der Waals surface area contributed by atoms with E-state index in [0.717, 1.165) is 0 Å². The summed E-state index contributed by atoms with van der Waals surface area (Å²) < 4.78 is 20.3. The van der Waals surface area contributed by atoms with E-state index in [1.165, 1.54) is 17.3 Å². The summed E-state index contributed by atoms with van der Waals surface area (Å²) in [5.41, 5.74) is 0.540. The van der Waals surface area contributed by atoms with Crippen LogP contribution >= 0.6 is 0 Å². The summed E-state index contributed by atoms with van der Waals surface area (Å²) in [4.78, 5) is 30.8. The number of pyridine rings is 1. The van der Waals surface area contributed by atoms with Gasteiger partial charge in [0.2, 0.25) is 5.78 Å². The van der Waals surface area contributed by atoms with Crippen LogP contribution in [0.3, 0.4) is 0 Å². The number of esters is 1. The van der Waals surface area contributed by atoms with Crippen molar-refractivity contribution >= 4 is 38.2 Å². The van der Waals surface area contributed by atoms with Crippen molar-refractivity contribution < 1.29 is 18.5 Å². The van der Waals surface area contributed by atoms with Crippen molar-refractivity contribution in [2.45, 2.75) is 4.90 Å². The average molecular weight is 418 g/mol. The Kier molecular flexibility index (Phi) is 4.97. The van der Waals surface area contributed by atoms with Gasteiger partial charge >= 0.3 is 5.97 Å². The van der Waals surface area contributed by atoms with Crippen LogP contribution in [0.4, 0.5) is 0 Å². The maximum absolute atomic E-state index is 14.0. The van der Waals surface area contributed by atoms with Crippen molar-refractivity contribution in [1.82, 2.24) is 8.96 Å². The highest BCUT2D eigenvalue weighted by molar-refractivity contribution is 7.99. The minimum Gasteiger partial charge on any atom is -0.465 e. The van der Waals surface area contributed by atoms with Crippen LogP contribution < -0.4 is 0 Å². The predicted molar refractivity (Wildman–Crippen MR) is 116 cm³/mol. The molecular weight excluding hydrogens is 400 g/mol. The topological polar surface area (TPSA) is 78.3 Å². The fourth-order valence-electron chi connectivity index (χ4n) is 3.39. The van der Waals surface area contributed by atoms with Gasteiger partial charge in [-0.1, -0.05) is 42.5 Å². The van der Waals surface area contributed by atoms with Crippen LogP contribution in [0.25, 0.3) is 10.9 Å². The van der Waals surface area contributed by atoms with Gasteiger partial charge < -0.3 is 4.74 Å². The van der Waals surface area contributed by atoms with E-state index in [4.69, 9.17) is 4.74 Å². The van der Waals surface area contributed by atoms with E-state index in [1.807, 2.05) is 0 Å². The lowest BCUT2D eigenvalue weighted by atomic mass is 10.1. The molecule has 0 N–H and O–H groups in total. The van der Waals surface area contributed by atoms with E-state index < -0.39 is 21.5 Å². The second-order valence-electron chi connectivity index (χ2n) is 6.52. The van der Waals surface area contributed by atoms with Gasteiger partial charge in [0, 0.05) is 16.5 Å². The van der Waals surface area contributed by atoms with Crippen LogP contribution in [0.1, 0.15) is 26.5 Å². The Morgan fingerprint density at radius 3 is 2.30 bits per heavy atom. The van der Waals surface area contributed by atoms with Crippen molar-refractivity contribution in [2.24, 2.45) is 0 Å². The molecule has 6 nitrogen and oxygen atoms in total. The molecule has 4 aromatic rings. The summed E-state index contributed by atoms with van der Waals surface area (Å²) >= 11 is 0. The molecule has 4 rings (SSSR count). The first kappa shape index (κ1) is 19.6. The molecule has 0 fully saturated rings. The smallest absolute Gasteiger partial charge is 0.340 e. The highest BCUT2D eigenvalue weighted by Crippen LogP contribution is 2.32. The van der Waals surface area contributed by atoms with Gasteiger partial charge in [0.15, 0.2) is 0 Å². The van der Waals surface area contributed by atoms with Crippen LogP contribution in [-0.4, -0.2) is 37.9 Å². The first-order valence-corrected chi connectivity index (χ1v) is 10.8. The van der Waals surface area contributed by atoms with E-state index in [-0.39, 0.29) is 17.0 Å². The highest BCUT2D eigenvalue weighted by atomic mass is 32.2. The van der Waals surface area contributed by atoms with Gasteiger partial charge in [-0.15, -0.1) is 0 Å². The predicted octanol–water partition coefficient (Wildman–Crippen LogP) is 3.59. The van der Waals surface area contributed by atoms with Crippen LogP contribution in [0.5, 0.6) is 0 Å². The third kappa shape index (κ3) is 3.09. The summed E-state index contributed by atoms with van der Waals surface area (Å²) in [6.45, 7) is 0. The lowest BCUT2D eigenvalue weighted by molar-refractivity contribution is 0.0599. The van der Waals surface area contributed by atoms with Crippen LogP contribution in [0.2, 0.25) is 0 Å². The number of ketones is 1. The fraction of sp³-hybridized carbons (Fsp3) is 0.0435. The Hall–Kier alpha value is -3.71. The van der Waals surface area contributed by atoms with Crippen molar-refractivity contribution in [2.75, 3.05) is 7.11 Å². The monoisotopic (exact) mass is 418 g/mol. The maximum atomic E-state index is 14.0. The summed E-state index contributed by atoms with van der Waals surface area (Å²) in [6.07, 6.45) is 1.48. The number of fused-ring (bicyclic) bond motifs is 1. The maximum Gasteiger partial charge on any atom is 0.340 e. The van der Waals surface area contributed by atoms with E-state index in [2.05, 4.69) is 10.9 Å². The second-order valence-corrected chi connectivity index (χ2v) is 8.64. The zero-order valence-electron chi connectivity index (χ0n) is 16.1. The Morgan fingerprint density at radius 2 is 1.63 bits per heavy atom. The number of nitrogens with zero attached hydrogens (tertiary/aromatic N) is 2. The molecule has 0 aliphatic carbocycles. The lowest BCUT2D eigenvalue weighted by Gasteiger charge is -2.16. The van der Waals surface area contributed by atoms with Crippen LogP contribution in [-0.2, 0) is 14.4 Å². The van der Waals surface area contributed by atoms with Crippen LogP contribution in [0.15, 0.2) is 83.9 Å². The largest absolute Gasteiger partial charge is 0.465 e. The van der Waals surface area contributed by atoms with Crippen molar-refractivity contribution in [1.29, 1.82) is 0 Å². The summed E-state index contributed by atoms with van der Waals surface area (Å²) in [5, 5.41) is 0.455. The zero-order chi connectivity index (χ0) is 21.3. The number of methoxy groups -OCH3 is 1. The van der Waals surface area contributed by atoms with E-state index >= 15 is 0 Å². The number of benzene rings is 2. The van der Waals surface area contributed by atoms with Crippen molar-refractivity contribution in [3.05, 3.63) is 95.9 Å². The molecule has 0 spiro atoms. The minimum atomic E-state index is -3.21. The summed E-state index contributed by atoms with van der Waals surface area (Å²) in [5.74, 6) is 2.72. The quantitative estimate of drug-likeness (QED) is 0.281. The van der Waals surface area contributed by atoms with Gasteiger partial charge in [0.1, 0.15) is 11.4 Å². The number of hydrogen-bond donors (Lipinski definition) is 0. The summed E-state index contributed by atoms with van der Waals surface area (Å²) in [7, 11) is -1.97. The number of para-hydroxylation sites is 1. The molecule has 0 aliphatic heterocycles. The molecule has 0 saturated carbocycles. The molecule has 30 heavy (non-hydrogen) atoms. The fourth-order valence-corrected chi connectivity index (χ4v) is 5.13. The van der Waals surface area contributed by atoms with Gasteiger partial charge in [0.05, 0.1) is 27.9 Å². The molecule has 0 amide bonds. The second kappa shape index (κ2) is 7.61. The average Bonchev–Trinajstić information content (AvgIpc) is 3.15. The number of carbonyl (C=O) groups excluding carboxylic acids is 2. The third-order valence-electron chi connectivity index (χ3n) is 4.74. The lowest BCUT2D eigenvalue weighted by Crippen LogP contribution is -2.21. The normalized spacial score (nSPS) is 13.0. The molecule has 1 atom stereocenters. The standard InChI is InChI=1S/C23H18N2O4S/c1-29-23(27)20-17-12-6-7-14-19(17)25(30(2,28)16-10-4-3-5-11-16)21(20)22(26)18-13-8-9-15-24-18/h3-15H,2H2,1H3. The molecule has 2 heterocycles. The van der Waals surface area contributed by atoms with Gasteiger partial charge in [-0.2, -0.15) is 0 Å². The molecule has 0 bridgehead atoms. The zero-order valence-corrected chi connectivity index (χ0v) is 17.0. The Bertz CT molecular complexity index is 1360. The molecular formula is C23H18N2O4S. The van der Waals surface area contributed by atoms with Crippen molar-refractivity contribution in [3.63, 3.8) is 0 Å². The third-order valence-corrected chi connectivity index (χ3v) is 6.72.